The van der Waals surface area contributed by atoms with Crippen LogP contribution in [0.2, 0.25) is 0 Å². The van der Waals surface area contributed by atoms with E-state index >= 15 is 0 Å². The summed E-state index contributed by atoms with van der Waals surface area (Å²) in [7, 11) is 0. The topological polar surface area (TPSA) is 127 Å². The first-order valence-corrected chi connectivity index (χ1v) is 5.56. The second-order valence-electron chi connectivity index (χ2n) is 4.01. The number of aryl methyl sites for hydroxylation is 1. The zero-order chi connectivity index (χ0) is 14.4. The van der Waals surface area contributed by atoms with Crippen LogP contribution in [0.1, 0.15) is 13.3 Å². The first kappa shape index (κ1) is 14.6. The van der Waals surface area contributed by atoms with Gasteiger partial charge in [0.05, 0.1) is 10.8 Å². The van der Waals surface area contributed by atoms with Crippen molar-refractivity contribution < 1.29 is 19.6 Å². The lowest BCUT2D eigenvalue weighted by Gasteiger charge is -2.08. The molecule has 0 fully saturated rings. The summed E-state index contributed by atoms with van der Waals surface area (Å²) in [6, 6.07) is 0. The van der Waals surface area contributed by atoms with Crippen molar-refractivity contribution in [2.45, 2.75) is 19.9 Å². The number of aromatic nitrogens is 2. The average molecular weight is 270 g/mol. The Morgan fingerprint density at radius 2 is 2.32 bits per heavy atom. The summed E-state index contributed by atoms with van der Waals surface area (Å²) in [6.07, 6.45) is 2.41. The smallest absolute Gasteiger partial charge is 0.308 e. The highest BCUT2D eigenvalue weighted by atomic mass is 16.6. The Bertz CT molecular complexity index is 484. The monoisotopic (exact) mass is 270 g/mol. The molecule has 0 saturated carbocycles. The SMILES string of the molecule is CC(CNC(=O)CCn1cc([N+](=O)[O-])cn1)C(=O)O. The van der Waals surface area contributed by atoms with Gasteiger partial charge in [0.15, 0.2) is 0 Å². The van der Waals surface area contributed by atoms with Gasteiger partial charge in [0.1, 0.15) is 12.4 Å². The lowest BCUT2D eigenvalue weighted by atomic mass is 10.2. The van der Waals surface area contributed by atoms with Gasteiger partial charge in [-0.15, -0.1) is 0 Å². The van der Waals surface area contributed by atoms with E-state index in [1.54, 1.807) is 0 Å². The molecule has 1 aromatic rings. The van der Waals surface area contributed by atoms with Crippen molar-refractivity contribution in [2.24, 2.45) is 5.92 Å². The molecule has 1 heterocycles. The molecule has 0 radical (unpaired) electrons. The fourth-order valence-electron chi connectivity index (χ4n) is 1.23. The molecule has 1 aromatic heterocycles. The van der Waals surface area contributed by atoms with Gasteiger partial charge in [-0.2, -0.15) is 5.10 Å². The van der Waals surface area contributed by atoms with Gasteiger partial charge < -0.3 is 10.4 Å². The van der Waals surface area contributed by atoms with E-state index in [0.29, 0.717) is 0 Å². The molecule has 1 rings (SSSR count). The minimum absolute atomic E-state index is 0.0490. The molecule has 0 aromatic carbocycles. The van der Waals surface area contributed by atoms with Gasteiger partial charge in [0.2, 0.25) is 5.91 Å². The second kappa shape index (κ2) is 6.47. The molecule has 1 atom stereocenters. The van der Waals surface area contributed by atoms with E-state index in [1.165, 1.54) is 17.8 Å². The molecule has 104 valence electrons. The number of carbonyl (C=O) groups is 2. The summed E-state index contributed by atoms with van der Waals surface area (Å²) in [5.74, 6) is -1.97. The van der Waals surface area contributed by atoms with Crippen molar-refractivity contribution in [3.63, 3.8) is 0 Å². The number of aliphatic carboxylic acids is 1. The lowest BCUT2D eigenvalue weighted by molar-refractivity contribution is -0.385. The minimum Gasteiger partial charge on any atom is -0.481 e. The van der Waals surface area contributed by atoms with Crippen LogP contribution in [0.15, 0.2) is 12.4 Å². The van der Waals surface area contributed by atoms with Gasteiger partial charge in [-0.3, -0.25) is 24.4 Å². The number of hydrogen-bond acceptors (Lipinski definition) is 5. The standard InChI is InChI=1S/C10H14N4O5/c1-7(10(16)17)4-11-9(15)2-3-13-6-8(5-12-13)14(18)19/h5-7H,2-4H2,1H3,(H,11,15)(H,16,17). The molecule has 19 heavy (non-hydrogen) atoms. The van der Waals surface area contributed by atoms with Gasteiger partial charge in [-0.25, -0.2) is 0 Å². The average Bonchev–Trinajstić information content (AvgIpc) is 2.82. The van der Waals surface area contributed by atoms with Crippen molar-refractivity contribution in [3.8, 4) is 0 Å². The predicted octanol–water partition coefficient (Wildman–Crippen LogP) is 0.0183. The van der Waals surface area contributed by atoms with Crippen molar-refractivity contribution in [3.05, 3.63) is 22.5 Å². The summed E-state index contributed by atoms with van der Waals surface area (Å²) in [6.45, 7) is 1.73. The molecule has 0 bridgehead atoms. The summed E-state index contributed by atoms with van der Waals surface area (Å²) >= 11 is 0. The van der Waals surface area contributed by atoms with Crippen LogP contribution in [0.3, 0.4) is 0 Å². The van der Waals surface area contributed by atoms with E-state index in [-0.39, 0.29) is 31.1 Å². The van der Waals surface area contributed by atoms with Crippen LogP contribution in [0, 0.1) is 16.0 Å². The molecule has 1 amide bonds. The molecule has 0 aliphatic carbocycles. The van der Waals surface area contributed by atoms with Crippen LogP contribution in [0.5, 0.6) is 0 Å². The molecular weight excluding hydrogens is 256 g/mol. The summed E-state index contributed by atoms with van der Waals surface area (Å²) in [5.41, 5.74) is -0.139. The maximum atomic E-state index is 11.4. The maximum absolute atomic E-state index is 11.4. The second-order valence-corrected chi connectivity index (χ2v) is 4.01. The zero-order valence-electron chi connectivity index (χ0n) is 10.3. The number of nitrogens with one attached hydrogen (secondary N) is 1. The molecule has 1 unspecified atom stereocenters. The summed E-state index contributed by atoms with van der Waals surface area (Å²) < 4.78 is 1.29. The van der Waals surface area contributed by atoms with Crippen LogP contribution in [-0.2, 0) is 16.1 Å². The molecule has 9 heteroatoms. The zero-order valence-corrected chi connectivity index (χ0v) is 10.3. The van der Waals surface area contributed by atoms with Crippen molar-refractivity contribution >= 4 is 17.6 Å². The summed E-state index contributed by atoms with van der Waals surface area (Å²) in [5, 5.41) is 25.2. The Morgan fingerprint density at radius 3 is 2.84 bits per heavy atom. The van der Waals surface area contributed by atoms with E-state index in [2.05, 4.69) is 10.4 Å². The van der Waals surface area contributed by atoms with Crippen LogP contribution < -0.4 is 5.32 Å². The Labute approximate surface area is 108 Å². The van der Waals surface area contributed by atoms with Crippen LogP contribution >= 0.6 is 0 Å². The minimum atomic E-state index is -0.983. The largest absolute Gasteiger partial charge is 0.481 e. The van der Waals surface area contributed by atoms with Crippen molar-refractivity contribution in [1.29, 1.82) is 0 Å². The van der Waals surface area contributed by atoms with Gasteiger partial charge in [0, 0.05) is 19.5 Å². The number of amides is 1. The molecular formula is C10H14N4O5. The van der Waals surface area contributed by atoms with Gasteiger partial charge >= 0.3 is 11.7 Å². The first-order valence-electron chi connectivity index (χ1n) is 5.56. The number of carbonyl (C=O) groups excluding carboxylic acids is 1. The third-order valence-electron chi connectivity index (χ3n) is 2.43. The molecule has 0 spiro atoms. The van der Waals surface area contributed by atoms with Gasteiger partial charge in [0.25, 0.3) is 0 Å². The number of rotatable bonds is 7. The Hall–Kier alpha value is -2.45. The van der Waals surface area contributed by atoms with E-state index in [0.717, 1.165) is 6.20 Å². The molecule has 9 nitrogen and oxygen atoms in total. The molecule has 0 saturated heterocycles. The van der Waals surface area contributed by atoms with Crippen LogP contribution in [0.4, 0.5) is 5.69 Å². The number of hydrogen-bond donors (Lipinski definition) is 2. The van der Waals surface area contributed by atoms with Crippen molar-refractivity contribution in [2.75, 3.05) is 6.54 Å². The fraction of sp³-hybridized carbons (Fsp3) is 0.500. The van der Waals surface area contributed by atoms with E-state index in [1.807, 2.05) is 0 Å². The number of carboxylic acid groups (broad SMARTS) is 1. The number of carboxylic acids is 1. The third kappa shape index (κ3) is 4.74. The Balaban J connectivity index is 2.33. The van der Waals surface area contributed by atoms with Gasteiger partial charge in [-0.05, 0) is 0 Å². The van der Waals surface area contributed by atoms with Crippen LogP contribution in [0.25, 0.3) is 0 Å². The summed E-state index contributed by atoms with van der Waals surface area (Å²) in [4.78, 5) is 31.8. The lowest BCUT2D eigenvalue weighted by Crippen LogP contribution is -2.31. The molecule has 0 aliphatic rings. The van der Waals surface area contributed by atoms with E-state index in [4.69, 9.17) is 5.11 Å². The molecule has 0 aliphatic heterocycles. The number of nitrogens with zero attached hydrogens (tertiary/aromatic N) is 3. The quantitative estimate of drug-likeness (QED) is 0.531. The highest BCUT2D eigenvalue weighted by Gasteiger charge is 2.13. The highest BCUT2D eigenvalue weighted by Crippen LogP contribution is 2.07. The molecule has 2 N–H and O–H groups in total. The van der Waals surface area contributed by atoms with Gasteiger partial charge in [-0.1, -0.05) is 6.92 Å². The van der Waals surface area contributed by atoms with Crippen molar-refractivity contribution in [1.82, 2.24) is 15.1 Å². The predicted molar refractivity (Wildman–Crippen MR) is 63.3 cm³/mol. The Kier molecular flexibility index (Phi) is 4.98. The van der Waals surface area contributed by atoms with E-state index < -0.39 is 16.8 Å². The van der Waals surface area contributed by atoms with Crippen LogP contribution in [-0.4, -0.2) is 38.2 Å². The highest BCUT2D eigenvalue weighted by molar-refractivity contribution is 5.77. The maximum Gasteiger partial charge on any atom is 0.308 e. The fourth-order valence-corrected chi connectivity index (χ4v) is 1.23. The third-order valence-corrected chi connectivity index (χ3v) is 2.43. The van der Waals surface area contributed by atoms with E-state index in [9.17, 15) is 19.7 Å². The normalized spacial score (nSPS) is 11.8. The number of nitro groups is 1. The Morgan fingerprint density at radius 1 is 1.63 bits per heavy atom. The first-order chi connectivity index (χ1) is 8.90.